The summed E-state index contributed by atoms with van der Waals surface area (Å²) in [5.41, 5.74) is -2.09. The van der Waals surface area contributed by atoms with Gasteiger partial charge in [-0.1, -0.05) is 0 Å². The molecule has 0 aromatic heterocycles. The van der Waals surface area contributed by atoms with E-state index >= 15 is 0 Å². The summed E-state index contributed by atoms with van der Waals surface area (Å²) < 4.78 is 0. The van der Waals surface area contributed by atoms with Crippen molar-refractivity contribution in [1.82, 2.24) is 21.3 Å². The summed E-state index contributed by atoms with van der Waals surface area (Å²) in [4.78, 5) is 32.6. The lowest BCUT2D eigenvalue weighted by molar-refractivity contribution is -0.144. The molecule has 5 amide bonds. The summed E-state index contributed by atoms with van der Waals surface area (Å²) in [5, 5.41) is 17.7. The van der Waals surface area contributed by atoms with E-state index in [4.69, 9.17) is 0 Å². The molecule has 13 heavy (non-hydrogen) atoms. The van der Waals surface area contributed by atoms with Gasteiger partial charge in [-0.3, -0.25) is 15.4 Å². The van der Waals surface area contributed by atoms with Crippen LogP contribution in [0.25, 0.3) is 0 Å². The van der Waals surface area contributed by atoms with Crippen LogP contribution in [-0.4, -0.2) is 35.0 Å². The molecule has 0 radical (unpaired) electrons. The third-order valence-corrected chi connectivity index (χ3v) is 1.85. The van der Waals surface area contributed by atoms with Gasteiger partial charge >= 0.3 is 12.1 Å². The molecule has 0 bridgehead atoms. The molecule has 8 nitrogen and oxygen atoms in total. The Morgan fingerprint density at radius 3 is 2.46 bits per heavy atom. The molecule has 2 aliphatic rings. The van der Waals surface area contributed by atoms with Crippen molar-refractivity contribution in [3.63, 3.8) is 0 Å². The number of urea groups is 2. The van der Waals surface area contributed by atoms with Crippen molar-refractivity contribution in [1.29, 1.82) is 0 Å². The van der Waals surface area contributed by atoms with Gasteiger partial charge in [0.15, 0.2) is 6.17 Å². The number of hydrogen-bond acceptors (Lipinski definition) is 4. The van der Waals surface area contributed by atoms with Crippen LogP contribution in [0.2, 0.25) is 0 Å². The van der Waals surface area contributed by atoms with E-state index < -0.39 is 29.9 Å². The summed E-state index contributed by atoms with van der Waals surface area (Å²) in [6.07, 6.45) is -1.12. The van der Waals surface area contributed by atoms with Crippen molar-refractivity contribution in [3.05, 3.63) is 0 Å². The Hall–Kier alpha value is -1.83. The third-order valence-electron chi connectivity index (χ3n) is 1.85. The molecule has 5 N–H and O–H groups in total. The quantitative estimate of drug-likeness (QED) is 0.280. The highest BCUT2D eigenvalue weighted by molar-refractivity contribution is 6.05. The smallest absolute Gasteiger partial charge is 0.323 e. The average molecular weight is 186 g/mol. The lowest BCUT2D eigenvalue weighted by atomic mass is 10.1. The van der Waals surface area contributed by atoms with Gasteiger partial charge in [-0.05, 0) is 0 Å². The number of nitrogens with one attached hydrogen (secondary N) is 4. The van der Waals surface area contributed by atoms with Gasteiger partial charge in [-0.15, -0.1) is 0 Å². The largest absolute Gasteiger partial charge is 0.360 e. The minimum atomic E-state index is -2.09. The first-order valence-corrected chi connectivity index (χ1v) is 3.45. The van der Waals surface area contributed by atoms with Crippen LogP contribution in [0.1, 0.15) is 0 Å². The molecule has 2 rings (SSSR count). The first-order valence-electron chi connectivity index (χ1n) is 3.45. The van der Waals surface area contributed by atoms with Gasteiger partial charge in [-0.2, -0.15) is 0 Å². The summed E-state index contributed by atoms with van der Waals surface area (Å²) in [6, 6.07) is -1.48. The van der Waals surface area contributed by atoms with E-state index in [1.807, 2.05) is 10.6 Å². The molecule has 2 heterocycles. The number of carbonyl (C=O) groups is 3. The van der Waals surface area contributed by atoms with Crippen LogP contribution in [0, 0.1) is 0 Å². The maximum atomic E-state index is 11.1. The maximum absolute atomic E-state index is 11.1. The summed E-state index contributed by atoms with van der Waals surface area (Å²) in [6.45, 7) is 0. The zero-order valence-electron chi connectivity index (χ0n) is 6.25. The predicted octanol–water partition coefficient (Wildman–Crippen LogP) is -2.85. The van der Waals surface area contributed by atoms with Crippen molar-refractivity contribution in [2.24, 2.45) is 0 Å². The van der Waals surface area contributed by atoms with Crippen molar-refractivity contribution < 1.29 is 19.5 Å². The molecular weight excluding hydrogens is 180 g/mol. The molecule has 2 unspecified atom stereocenters. The zero-order valence-corrected chi connectivity index (χ0v) is 6.25. The number of fused-ring (bicyclic) bond motifs is 1. The van der Waals surface area contributed by atoms with Crippen LogP contribution in [0.15, 0.2) is 0 Å². The van der Waals surface area contributed by atoms with Crippen LogP contribution < -0.4 is 21.3 Å². The number of rotatable bonds is 0. The second-order valence-corrected chi connectivity index (χ2v) is 2.73. The fourth-order valence-corrected chi connectivity index (χ4v) is 1.21. The Labute approximate surface area is 71.7 Å². The fraction of sp³-hybridized carbons (Fsp3) is 0.400. The van der Waals surface area contributed by atoms with Crippen molar-refractivity contribution in [3.8, 4) is 0 Å². The Balaban J connectivity index is 2.33. The first-order chi connectivity index (χ1) is 6.02. The molecule has 0 aromatic carbocycles. The second-order valence-electron chi connectivity index (χ2n) is 2.73. The molecule has 2 saturated heterocycles. The van der Waals surface area contributed by atoms with E-state index in [0.29, 0.717) is 0 Å². The maximum Gasteiger partial charge on any atom is 0.323 e. The van der Waals surface area contributed by atoms with E-state index in [1.54, 1.807) is 0 Å². The van der Waals surface area contributed by atoms with Gasteiger partial charge in [0.1, 0.15) is 0 Å². The molecule has 2 atom stereocenters. The monoisotopic (exact) mass is 186 g/mol. The Morgan fingerprint density at radius 1 is 1.15 bits per heavy atom. The van der Waals surface area contributed by atoms with Gasteiger partial charge in [0.05, 0.1) is 0 Å². The molecule has 70 valence electrons. The van der Waals surface area contributed by atoms with Gasteiger partial charge in [0, 0.05) is 0 Å². The van der Waals surface area contributed by atoms with E-state index in [-0.39, 0.29) is 0 Å². The van der Waals surface area contributed by atoms with E-state index in [1.165, 1.54) is 0 Å². The molecule has 0 aromatic rings. The molecular formula is C5H6N4O4. The molecule has 8 heteroatoms. The SMILES string of the molecule is O=C1NC(=O)C2(O)NC(=O)NC2N1. The molecule has 2 aliphatic heterocycles. The number of aliphatic hydroxyl groups is 1. The Kier molecular flexibility index (Phi) is 1.26. The van der Waals surface area contributed by atoms with Crippen molar-refractivity contribution >= 4 is 18.0 Å². The number of imide groups is 1. The molecule has 0 saturated carbocycles. The highest BCUT2D eigenvalue weighted by Gasteiger charge is 2.55. The van der Waals surface area contributed by atoms with Crippen LogP contribution >= 0.6 is 0 Å². The predicted molar refractivity (Wildman–Crippen MR) is 37.1 cm³/mol. The summed E-state index contributed by atoms with van der Waals surface area (Å²) in [7, 11) is 0. The van der Waals surface area contributed by atoms with Crippen molar-refractivity contribution in [2.75, 3.05) is 0 Å². The van der Waals surface area contributed by atoms with E-state index in [0.717, 1.165) is 0 Å². The second kappa shape index (κ2) is 2.10. The van der Waals surface area contributed by atoms with Crippen LogP contribution in [-0.2, 0) is 4.79 Å². The van der Waals surface area contributed by atoms with Gasteiger partial charge < -0.3 is 15.7 Å². The number of hydrogen-bond donors (Lipinski definition) is 5. The van der Waals surface area contributed by atoms with Crippen LogP contribution in [0.3, 0.4) is 0 Å². The lowest BCUT2D eigenvalue weighted by Crippen LogP contribution is -2.72. The molecule has 0 aliphatic carbocycles. The minimum absolute atomic E-state index is 0.718. The summed E-state index contributed by atoms with van der Waals surface area (Å²) >= 11 is 0. The zero-order chi connectivity index (χ0) is 9.64. The minimum Gasteiger partial charge on any atom is -0.360 e. The van der Waals surface area contributed by atoms with Crippen LogP contribution in [0.5, 0.6) is 0 Å². The standard InChI is InChI=1S/C5H6N4O4/c10-2-5(13)1(6-3(11)8-2)7-4(12)9-5/h1,13H,(H2,7,9,12)(H2,6,8,10,11). The van der Waals surface area contributed by atoms with E-state index in [2.05, 4.69) is 10.6 Å². The normalized spacial score (nSPS) is 37.0. The molecule has 2 fully saturated rings. The number of carbonyl (C=O) groups excluding carboxylic acids is 3. The number of amides is 5. The highest BCUT2D eigenvalue weighted by atomic mass is 16.3. The highest BCUT2D eigenvalue weighted by Crippen LogP contribution is 2.13. The summed E-state index contributed by atoms with van der Waals surface area (Å²) in [5.74, 6) is -0.959. The Bertz CT molecular complexity index is 316. The van der Waals surface area contributed by atoms with E-state index in [9.17, 15) is 19.5 Å². The lowest BCUT2D eigenvalue weighted by Gasteiger charge is -2.31. The topological polar surface area (TPSA) is 120 Å². The van der Waals surface area contributed by atoms with Crippen molar-refractivity contribution in [2.45, 2.75) is 11.9 Å². The van der Waals surface area contributed by atoms with Gasteiger partial charge in [0.25, 0.3) is 11.6 Å². The van der Waals surface area contributed by atoms with Gasteiger partial charge in [0.2, 0.25) is 0 Å². The van der Waals surface area contributed by atoms with Crippen LogP contribution in [0.4, 0.5) is 9.59 Å². The fourth-order valence-electron chi connectivity index (χ4n) is 1.21. The average Bonchev–Trinajstić information content (AvgIpc) is 2.26. The molecule has 0 spiro atoms. The Morgan fingerprint density at radius 2 is 1.77 bits per heavy atom. The first kappa shape index (κ1) is 7.80. The van der Waals surface area contributed by atoms with Gasteiger partial charge in [-0.25, -0.2) is 9.59 Å². The third kappa shape index (κ3) is 0.920.